The zero-order valence-electron chi connectivity index (χ0n) is 11.3. The predicted octanol–water partition coefficient (Wildman–Crippen LogP) is 4.00. The molecule has 1 rings (SSSR count). The highest BCUT2D eigenvalue weighted by Gasteiger charge is 2.25. The normalized spacial score (nSPS) is 15.9. The molecule has 0 radical (unpaired) electrons. The van der Waals surface area contributed by atoms with Crippen molar-refractivity contribution in [3.8, 4) is 0 Å². The lowest BCUT2D eigenvalue weighted by atomic mass is 9.80. The Morgan fingerprint density at radius 2 is 1.56 bits per heavy atom. The largest absolute Gasteiger partial charge is 0.322 e. The van der Waals surface area contributed by atoms with Crippen LogP contribution in [0.4, 0.5) is 0 Å². The average Bonchev–Trinajstić information content (AvgIpc) is 2.14. The molecular formula is C15H25N. The van der Waals surface area contributed by atoms with Crippen LogP contribution in [0.5, 0.6) is 0 Å². The monoisotopic (exact) mass is 219 g/mol. The Bertz CT molecular complexity index is 345. The van der Waals surface area contributed by atoms with Crippen LogP contribution in [-0.4, -0.2) is 0 Å². The van der Waals surface area contributed by atoms with Crippen LogP contribution in [-0.2, 0) is 5.54 Å². The van der Waals surface area contributed by atoms with Crippen molar-refractivity contribution in [3.63, 3.8) is 0 Å². The lowest BCUT2D eigenvalue weighted by Gasteiger charge is -2.30. The molecule has 1 atom stereocenters. The lowest BCUT2D eigenvalue weighted by molar-refractivity contribution is 0.306. The number of hydrogen-bond donors (Lipinski definition) is 1. The molecule has 1 nitrogen and oxygen atoms in total. The van der Waals surface area contributed by atoms with Gasteiger partial charge in [0.15, 0.2) is 0 Å². The minimum atomic E-state index is -0.210. The quantitative estimate of drug-likeness (QED) is 0.817. The van der Waals surface area contributed by atoms with Crippen molar-refractivity contribution in [1.82, 2.24) is 0 Å². The summed E-state index contributed by atoms with van der Waals surface area (Å²) in [4.78, 5) is 0. The fourth-order valence-corrected chi connectivity index (χ4v) is 1.98. The first kappa shape index (κ1) is 13.2. The van der Waals surface area contributed by atoms with Crippen LogP contribution in [0.3, 0.4) is 0 Å². The van der Waals surface area contributed by atoms with E-state index in [-0.39, 0.29) is 5.54 Å². The molecule has 0 amide bonds. The fourth-order valence-electron chi connectivity index (χ4n) is 1.98. The van der Waals surface area contributed by atoms with Crippen LogP contribution in [0.25, 0.3) is 0 Å². The van der Waals surface area contributed by atoms with Gasteiger partial charge in [0.2, 0.25) is 0 Å². The van der Waals surface area contributed by atoms with Gasteiger partial charge in [0.25, 0.3) is 0 Å². The predicted molar refractivity (Wildman–Crippen MR) is 71.4 cm³/mol. The van der Waals surface area contributed by atoms with E-state index in [1.807, 2.05) is 0 Å². The number of nitrogens with two attached hydrogens (primary N) is 1. The summed E-state index contributed by atoms with van der Waals surface area (Å²) in [5.74, 6) is 0. The van der Waals surface area contributed by atoms with Gasteiger partial charge in [-0.1, -0.05) is 45.0 Å². The minimum absolute atomic E-state index is 0.210. The zero-order valence-corrected chi connectivity index (χ0v) is 11.3. The van der Waals surface area contributed by atoms with Crippen molar-refractivity contribution in [3.05, 3.63) is 35.4 Å². The second-order valence-corrected chi connectivity index (χ2v) is 6.29. The molecule has 0 fully saturated rings. The van der Waals surface area contributed by atoms with Crippen LogP contribution in [0.15, 0.2) is 24.3 Å². The van der Waals surface area contributed by atoms with Crippen LogP contribution in [0.2, 0.25) is 0 Å². The van der Waals surface area contributed by atoms with Crippen molar-refractivity contribution >= 4 is 0 Å². The van der Waals surface area contributed by atoms with Crippen LogP contribution < -0.4 is 5.73 Å². The van der Waals surface area contributed by atoms with Gasteiger partial charge in [0, 0.05) is 5.54 Å². The Morgan fingerprint density at radius 3 is 2.06 bits per heavy atom. The maximum atomic E-state index is 6.45. The average molecular weight is 219 g/mol. The molecule has 1 aromatic carbocycles. The second kappa shape index (κ2) is 4.58. The first-order valence-corrected chi connectivity index (χ1v) is 6.07. The van der Waals surface area contributed by atoms with Crippen molar-refractivity contribution in [1.29, 1.82) is 0 Å². The number of benzene rings is 1. The van der Waals surface area contributed by atoms with Crippen LogP contribution >= 0.6 is 0 Å². The molecule has 2 N–H and O–H groups in total. The van der Waals surface area contributed by atoms with Crippen molar-refractivity contribution < 1.29 is 0 Å². The molecule has 0 aliphatic carbocycles. The molecule has 0 spiro atoms. The van der Waals surface area contributed by atoms with E-state index < -0.39 is 0 Å². The lowest BCUT2D eigenvalue weighted by Crippen LogP contribution is -2.34. The van der Waals surface area contributed by atoms with Gasteiger partial charge < -0.3 is 5.73 Å². The zero-order chi connectivity index (χ0) is 12.4. The summed E-state index contributed by atoms with van der Waals surface area (Å²) >= 11 is 0. The molecule has 90 valence electrons. The molecule has 16 heavy (non-hydrogen) atoms. The van der Waals surface area contributed by atoms with Crippen LogP contribution in [0.1, 0.15) is 51.7 Å². The Kier molecular flexibility index (Phi) is 3.80. The minimum Gasteiger partial charge on any atom is -0.322 e. The fraction of sp³-hybridized carbons (Fsp3) is 0.600. The van der Waals surface area contributed by atoms with Gasteiger partial charge in [0.1, 0.15) is 0 Å². The molecule has 1 heteroatoms. The number of rotatable bonds is 3. The van der Waals surface area contributed by atoms with Gasteiger partial charge in [-0.2, -0.15) is 0 Å². The summed E-state index contributed by atoms with van der Waals surface area (Å²) in [6.07, 6.45) is 2.18. The first-order chi connectivity index (χ1) is 7.22. The molecule has 0 heterocycles. The summed E-state index contributed by atoms with van der Waals surface area (Å²) in [5, 5.41) is 0. The maximum absolute atomic E-state index is 6.45. The Morgan fingerprint density at radius 1 is 1.00 bits per heavy atom. The molecule has 0 saturated heterocycles. The molecular weight excluding hydrogens is 194 g/mol. The van der Waals surface area contributed by atoms with Gasteiger partial charge in [-0.25, -0.2) is 0 Å². The van der Waals surface area contributed by atoms with E-state index >= 15 is 0 Å². The highest BCUT2D eigenvalue weighted by Crippen LogP contribution is 2.31. The summed E-state index contributed by atoms with van der Waals surface area (Å²) in [6.45, 7) is 11.1. The van der Waals surface area contributed by atoms with E-state index in [2.05, 4.69) is 58.9 Å². The highest BCUT2D eigenvalue weighted by molar-refractivity contribution is 5.31. The molecule has 1 aromatic rings. The maximum Gasteiger partial charge on any atom is 0.0383 e. The molecule has 0 aliphatic heterocycles. The Labute approximate surface area is 100 Å². The third-order valence-electron chi connectivity index (χ3n) is 3.15. The van der Waals surface area contributed by atoms with Gasteiger partial charge in [-0.15, -0.1) is 0 Å². The van der Waals surface area contributed by atoms with Gasteiger partial charge >= 0.3 is 0 Å². The van der Waals surface area contributed by atoms with E-state index in [4.69, 9.17) is 5.73 Å². The Balaban J connectivity index is 2.82. The van der Waals surface area contributed by atoms with Crippen molar-refractivity contribution in [2.75, 3.05) is 0 Å². The SMILES string of the molecule is Cc1ccccc1C(C)(N)CCC(C)(C)C. The number of aryl methyl sites for hydroxylation is 1. The van der Waals surface area contributed by atoms with E-state index in [1.165, 1.54) is 11.1 Å². The van der Waals surface area contributed by atoms with E-state index in [0.717, 1.165) is 12.8 Å². The van der Waals surface area contributed by atoms with E-state index in [1.54, 1.807) is 0 Å². The van der Waals surface area contributed by atoms with Crippen LogP contribution in [0, 0.1) is 12.3 Å². The summed E-state index contributed by atoms with van der Waals surface area (Å²) in [6, 6.07) is 8.43. The first-order valence-electron chi connectivity index (χ1n) is 6.07. The van der Waals surface area contributed by atoms with Gasteiger partial charge in [-0.05, 0) is 43.2 Å². The highest BCUT2D eigenvalue weighted by atomic mass is 14.7. The summed E-state index contributed by atoms with van der Waals surface area (Å²) < 4.78 is 0. The molecule has 1 unspecified atom stereocenters. The molecule has 0 bridgehead atoms. The van der Waals surface area contributed by atoms with Gasteiger partial charge in [0.05, 0.1) is 0 Å². The summed E-state index contributed by atoms with van der Waals surface area (Å²) in [7, 11) is 0. The smallest absolute Gasteiger partial charge is 0.0383 e. The van der Waals surface area contributed by atoms with E-state index in [9.17, 15) is 0 Å². The summed E-state index contributed by atoms with van der Waals surface area (Å²) in [5.41, 5.74) is 9.16. The second-order valence-electron chi connectivity index (χ2n) is 6.29. The topological polar surface area (TPSA) is 26.0 Å². The molecule has 0 aromatic heterocycles. The van der Waals surface area contributed by atoms with Crippen molar-refractivity contribution in [2.45, 2.75) is 53.0 Å². The van der Waals surface area contributed by atoms with E-state index in [0.29, 0.717) is 5.41 Å². The number of hydrogen-bond acceptors (Lipinski definition) is 1. The third-order valence-corrected chi connectivity index (χ3v) is 3.15. The molecule has 0 saturated carbocycles. The standard InChI is InChI=1S/C15H25N/c1-12-8-6-7-9-13(12)15(5,16)11-10-14(2,3)4/h6-9H,10-11,16H2,1-5H3. The third kappa shape index (κ3) is 3.64. The van der Waals surface area contributed by atoms with Crippen molar-refractivity contribution in [2.24, 2.45) is 11.1 Å². The van der Waals surface area contributed by atoms with Gasteiger partial charge in [-0.3, -0.25) is 0 Å². The molecule has 0 aliphatic rings. The Hall–Kier alpha value is -0.820.